The molecule has 0 atom stereocenters. The van der Waals surface area contributed by atoms with E-state index in [9.17, 15) is 22.8 Å². The number of fused-ring (bicyclic) bond motifs is 1. The molecule has 0 saturated heterocycles. The molecule has 0 aliphatic rings. The second kappa shape index (κ2) is 9.11. The minimum Gasteiger partial charge on any atom is -0.325 e. The Morgan fingerprint density at radius 1 is 1.00 bits per heavy atom. The number of benzene rings is 3. The first-order valence-electron chi connectivity index (χ1n) is 9.92. The molecular weight excluding hydrogens is 451 g/mol. The SMILES string of the molecule is Cc1ccccc1-n1c(SCC(=O)Nc2ccccc2C(F)(F)F)nc2ccccc2c1=O. The number of carbonyl (C=O) groups is 1. The molecule has 1 heterocycles. The predicted molar refractivity (Wildman–Crippen MR) is 123 cm³/mol. The van der Waals surface area contributed by atoms with Gasteiger partial charge in [-0.15, -0.1) is 0 Å². The molecule has 33 heavy (non-hydrogen) atoms. The van der Waals surface area contributed by atoms with Crippen LogP contribution in [0.4, 0.5) is 18.9 Å². The Hall–Kier alpha value is -3.59. The highest BCUT2D eigenvalue weighted by atomic mass is 32.2. The zero-order valence-electron chi connectivity index (χ0n) is 17.4. The predicted octanol–water partition coefficient (Wildman–Crippen LogP) is 5.44. The van der Waals surface area contributed by atoms with Crippen molar-refractivity contribution >= 4 is 34.3 Å². The number of rotatable bonds is 5. The number of anilines is 1. The third kappa shape index (κ3) is 4.78. The summed E-state index contributed by atoms with van der Waals surface area (Å²) in [5.74, 6) is -0.876. The number of nitrogens with one attached hydrogen (secondary N) is 1. The van der Waals surface area contributed by atoms with Crippen molar-refractivity contribution in [2.75, 3.05) is 11.1 Å². The van der Waals surface area contributed by atoms with Crippen molar-refractivity contribution < 1.29 is 18.0 Å². The maximum Gasteiger partial charge on any atom is 0.418 e. The highest BCUT2D eigenvalue weighted by molar-refractivity contribution is 7.99. The number of aryl methyl sites for hydroxylation is 1. The van der Waals surface area contributed by atoms with Crippen molar-refractivity contribution in [3.63, 3.8) is 0 Å². The zero-order valence-corrected chi connectivity index (χ0v) is 18.2. The third-order valence-corrected chi connectivity index (χ3v) is 5.88. The summed E-state index contributed by atoms with van der Waals surface area (Å²) in [7, 11) is 0. The molecule has 0 radical (unpaired) electrons. The number of aromatic nitrogens is 2. The Balaban J connectivity index is 1.67. The minimum atomic E-state index is -4.60. The molecule has 0 aliphatic heterocycles. The molecule has 5 nitrogen and oxygen atoms in total. The molecule has 1 amide bonds. The Kier molecular flexibility index (Phi) is 6.24. The Bertz CT molecular complexity index is 1400. The maximum absolute atomic E-state index is 13.3. The van der Waals surface area contributed by atoms with Crippen molar-refractivity contribution in [3.8, 4) is 5.69 Å². The van der Waals surface area contributed by atoms with E-state index in [4.69, 9.17) is 0 Å². The lowest BCUT2D eigenvalue weighted by molar-refractivity contribution is -0.137. The van der Waals surface area contributed by atoms with E-state index in [2.05, 4.69) is 10.3 Å². The Morgan fingerprint density at radius 2 is 1.67 bits per heavy atom. The largest absolute Gasteiger partial charge is 0.418 e. The van der Waals surface area contributed by atoms with Gasteiger partial charge in [-0.2, -0.15) is 13.2 Å². The Labute approximate surface area is 191 Å². The molecule has 3 aromatic carbocycles. The smallest absolute Gasteiger partial charge is 0.325 e. The van der Waals surface area contributed by atoms with Gasteiger partial charge in [-0.3, -0.25) is 14.2 Å². The third-order valence-electron chi connectivity index (χ3n) is 4.94. The summed E-state index contributed by atoms with van der Waals surface area (Å²) < 4.78 is 41.1. The average Bonchev–Trinajstić information content (AvgIpc) is 2.78. The molecular formula is C24H18F3N3O2S. The summed E-state index contributed by atoms with van der Waals surface area (Å²) in [5, 5.41) is 3.01. The molecule has 0 fully saturated rings. The van der Waals surface area contributed by atoms with Gasteiger partial charge >= 0.3 is 6.18 Å². The number of hydrogen-bond acceptors (Lipinski definition) is 4. The first-order chi connectivity index (χ1) is 15.8. The standard InChI is InChI=1S/C24H18F3N3O2S/c1-15-8-2-7-13-20(15)30-22(32)16-9-3-5-11-18(16)29-23(30)33-14-21(31)28-19-12-6-4-10-17(19)24(25,26)27/h2-13H,14H2,1H3,(H,28,31). The van der Waals surface area contributed by atoms with Gasteiger partial charge in [-0.25, -0.2) is 4.98 Å². The van der Waals surface area contributed by atoms with E-state index < -0.39 is 17.6 Å². The van der Waals surface area contributed by atoms with Crippen molar-refractivity contribution in [2.45, 2.75) is 18.3 Å². The maximum atomic E-state index is 13.3. The van der Waals surface area contributed by atoms with Crippen molar-refractivity contribution in [3.05, 3.63) is 94.3 Å². The zero-order chi connectivity index (χ0) is 23.6. The lowest BCUT2D eigenvalue weighted by Crippen LogP contribution is -2.23. The summed E-state index contributed by atoms with van der Waals surface area (Å²) in [6.07, 6.45) is -4.60. The molecule has 1 aromatic heterocycles. The van der Waals surface area contributed by atoms with Crippen LogP contribution < -0.4 is 10.9 Å². The normalized spacial score (nSPS) is 11.5. The summed E-state index contributed by atoms with van der Waals surface area (Å²) in [6.45, 7) is 1.85. The highest BCUT2D eigenvalue weighted by Gasteiger charge is 2.33. The number of halogens is 3. The van der Waals surface area contributed by atoms with Crippen molar-refractivity contribution in [1.82, 2.24) is 9.55 Å². The fourth-order valence-corrected chi connectivity index (χ4v) is 4.20. The van der Waals surface area contributed by atoms with Crippen LogP contribution in [0.15, 0.2) is 82.7 Å². The molecule has 4 rings (SSSR count). The number of hydrogen-bond donors (Lipinski definition) is 1. The van der Waals surface area contributed by atoms with Gasteiger partial charge < -0.3 is 5.32 Å². The number of amides is 1. The van der Waals surface area contributed by atoms with Crippen molar-refractivity contribution in [1.29, 1.82) is 0 Å². The number of nitrogens with zero attached hydrogens (tertiary/aromatic N) is 2. The van der Waals surface area contributed by atoms with Gasteiger partial charge in [0.2, 0.25) is 5.91 Å². The van der Waals surface area contributed by atoms with Crippen molar-refractivity contribution in [2.24, 2.45) is 0 Å². The molecule has 0 aliphatic carbocycles. The summed E-state index contributed by atoms with van der Waals surface area (Å²) in [6, 6.07) is 18.9. The quantitative estimate of drug-likeness (QED) is 0.312. The molecule has 0 bridgehead atoms. The summed E-state index contributed by atoms with van der Waals surface area (Å²) in [5.41, 5.74) is 0.383. The summed E-state index contributed by atoms with van der Waals surface area (Å²) in [4.78, 5) is 30.3. The number of carbonyl (C=O) groups excluding carboxylic acids is 1. The summed E-state index contributed by atoms with van der Waals surface area (Å²) >= 11 is 0.979. The van der Waals surface area contributed by atoms with Crippen LogP contribution >= 0.6 is 11.8 Å². The van der Waals surface area contributed by atoms with Crippen LogP contribution in [0.5, 0.6) is 0 Å². The second-order valence-corrected chi connectivity index (χ2v) is 8.16. The Morgan fingerprint density at radius 3 is 2.42 bits per heavy atom. The van der Waals surface area contributed by atoms with Gasteiger partial charge in [0, 0.05) is 0 Å². The monoisotopic (exact) mass is 469 g/mol. The van der Waals surface area contributed by atoms with E-state index in [1.807, 2.05) is 19.1 Å². The molecule has 1 N–H and O–H groups in total. The molecule has 9 heteroatoms. The van der Waals surface area contributed by atoms with Gasteiger partial charge in [-0.1, -0.05) is 54.2 Å². The second-order valence-electron chi connectivity index (χ2n) is 7.22. The van der Waals surface area contributed by atoms with Gasteiger partial charge in [0.05, 0.1) is 33.6 Å². The first-order valence-corrected chi connectivity index (χ1v) is 10.9. The van der Waals surface area contributed by atoms with E-state index in [0.717, 1.165) is 23.4 Å². The van der Waals surface area contributed by atoms with Gasteiger partial charge in [0.15, 0.2) is 5.16 Å². The fraction of sp³-hybridized carbons (Fsp3) is 0.125. The highest BCUT2D eigenvalue weighted by Crippen LogP contribution is 2.34. The van der Waals surface area contributed by atoms with E-state index in [1.54, 1.807) is 36.4 Å². The van der Waals surface area contributed by atoms with E-state index in [0.29, 0.717) is 16.6 Å². The van der Waals surface area contributed by atoms with Crippen LogP contribution in [0.25, 0.3) is 16.6 Å². The van der Waals surface area contributed by atoms with Crippen LogP contribution in [0.2, 0.25) is 0 Å². The lowest BCUT2D eigenvalue weighted by atomic mass is 10.1. The van der Waals surface area contributed by atoms with Crippen LogP contribution in [0, 0.1) is 6.92 Å². The number of thioether (sulfide) groups is 1. The van der Waals surface area contributed by atoms with Gasteiger partial charge in [0.1, 0.15) is 0 Å². The molecule has 4 aromatic rings. The van der Waals surface area contributed by atoms with E-state index >= 15 is 0 Å². The van der Waals surface area contributed by atoms with Gasteiger partial charge in [-0.05, 0) is 42.8 Å². The van der Waals surface area contributed by atoms with Gasteiger partial charge in [0.25, 0.3) is 5.56 Å². The molecule has 0 spiro atoms. The molecule has 0 unspecified atom stereocenters. The number of alkyl halides is 3. The van der Waals surface area contributed by atoms with E-state index in [1.165, 1.54) is 22.8 Å². The van der Waals surface area contributed by atoms with Crippen LogP contribution in [-0.4, -0.2) is 21.2 Å². The number of para-hydroxylation sites is 3. The molecule has 168 valence electrons. The average molecular weight is 469 g/mol. The fourth-order valence-electron chi connectivity index (χ4n) is 3.39. The van der Waals surface area contributed by atoms with Crippen LogP contribution in [0.1, 0.15) is 11.1 Å². The van der Waals surface area contributed by atoms with Crippen LogP contribution in [-0.2, 0) is 11.0 Å². The minimum absolute atomic E-state index is 0.233. The van der Waals surface area contributed by atoms with E-state index in [-0.39, 0.29) is 22.2 Å². The first kappa shape index (κ1) is 22.6. The topological polar surface area (TPSA) is 64.0 Å². The molecule has 0 saturated carbocycles. The lowest BCUT2D eigenvalue weighted by Gasteiger charge is -2.16. The van der Waals surface area contributed by atoms with Crippen LogP contribution in [0.3, 0.4) is 0 Å².